The molecule has 40 valence electrons. The molecule has 1 rings (SSSR count). The summed E-state index contributed by atoms with van der Waals surface area (Å²) in [7, 11) is 0. The summed E-state index contributed by atoms with van der Waals surface area (Å²) in [6, 6.07) is 0.222. The van der Waals surface area contributed by atoms with Crippen molar-refractivity contribution in [2.75, 3.05) is 13.1 Å². The lowest BCUT2D eigenvalue weighted by molar-refractivity contribution is 0.701. The van der Waals surface area contributed by atoms with Crippen LogP contribution in [0, 0.1) is 0 Å². The molecule has 1 atom stereocenters. The van der Waals surface area contributed by atoms with Crippen LogP contribution in [0.25, 0.3) is 0 Å². The van der Waals surface area contributed by atoms with Crippen molar-refractivity contribution in [1.29, 1.82) is 0 Å². The molecule has 7 heavy (non-hydrogen) atoms. The minimum atomic E-state index is 0.222. The predicted octanol–water partition coefficient (Wildman–Crippen LogP) is -0.716. The maximum Gasteiger partial charge on any atom is 0.104 e. The van der Waals surface area contributed by atoms with Gasteiger partial charge in [0, 0.05) is 6.54 Å². The molecule has 1 heterocycles. The molecule has 1 aliphatic rings. The van der Waals surface area contributed by atoms with Crippen LogP contribution in [0.5, 0.6) is 0 Å². The second kappa shape index (κ2) is 1.88. The van der Waals surface area contributed by atoms with Gasteiger partial charge in [-0.2, -0.15) is 5.11 Å². The molecule has 0 spiro atoms. The van der Waals surface area contributed by atoms with Crippen LogP contribution in [0.1, 0.15) is 0 Å². The van der Waals surface area contributed by atoms with Crippen molar-refractivity contribution in [3.8, 4) is 0 Å². The second-order valence-electron chi connectivity index (χ2n) is 1.47. The SMILES string of the molecule is NCC1CNN=N1. The van der Waals surface area contributed by atoms with Gasteiger partial charge in [0.05, 0.1) is 6.54 Å². The fourth-order valence-electron chi connectivity index (χ4n) is 0.440. The highest BCUT2D eigenvalue weighted by Crippen LogP contribution is 1.92. The molecular weight excluding hydrogens is 92.1 g/mol. The Morgan fingerprint density at radius 1 is 1.86 bits per heavy atom. The molecule has 4 nitrogen and oxygen atoms in total. The Bertz CT molecular complexity index is 79.0. The van der Waals surface area contributed by atoms with E-state index in [0.29, 0.717) is 6.54 Å². The van der Waals surface area contributed by atoms with Crippen LogP contribution >= 0.6 is 0 Å². The number of hydrogen-bond donors (Lipinski definition) is 2. The Hall–Kier alpha value is -0.640. The summed E-state index contributed by atoms with van der Waals surface area (Å²) in [5.74, 6) is 0. The van der Waals surface area contributed by atoms with Gasteiger partial charge in [0.25, 0.3) is 0 Å². The number of rotatable bonds is 1. The Balaban J connectivity index is 2.28. The average Bonchev–Trinajstić information content (AvgIpc) is 2.14. The van der Waals surface area contributed by atoms with E-state index in [0.717, 1.165) is 6.54 Å². The highest BCUT2D eigenvalue weighted by atomic mass is 15.5. The largest absolute Gasteiger partial charge is 0.328 e. The highest BCUT2D eigenvalue weighted by Gasteiger charge is 2.06. The van der Waals surface area contributed by atoms with Gasteiger partial charge in [-0.1, -0.05) is 5.22 Å². The highest BCUT2D eigenvalue weighted by molar-refractivity contribution is 4.69. The molecule has 0 saturated carbocycles. The predicted molar refractivity (Wildman–Crippen MR) is 25.7 cm³/mol. The van der Waals surface area contributed by atoms with E-state index >= 15 is 0 Å². The summed E-state index contributed by atoms with van der Waals surface area (Å²) in [4.78, 5) is 0. The van der Waals surface area contributed by atoms with Crippen LogP contribution in [0.3, 0.4) is 0 Å². The van der Waals surface area contributed by atoms with Crippen molar-refractivity contribution in [2.24, 2.45) is 16.1 Å². The minimum Gasteiger partial charge on any atom is -0.328 e. The van der Waals surface area contributed by atoms with Gasteiger partial charge in [-0.05, 0) is 0 Å². The first-order chi connectivity index (χ1) is 3.43. The zero-order chi connectivity index (χ0) is 5.11. The molecule has 0 aromatic carbocycles. The fourth-order valence-corrected chi connectivity index (χ4v) is 0.440. The third kappa shape index (κ3) is 0.866. The van der Waals surface area contributed by atoms with Crippen LogP contribution in [-0.4, -0.2) is 19.1 Å². The molecule has 0 bridgehead atoms. The van der Waals surface area contributed by atoms with Gasteiger partial charge in [-0.3, -0.25) is 5.43 Å². The van der Waals surface area contributed by atoms with E-state index in [1.54, 1.807) is 0 Å². The summed E-state index contributed by atoms with van der Waals surface area (Å²) in [5.41, 5.74) is 7.94. The topological polar surface area (TPSA) is 62.8 Å². The first-order valence-electron chi connectivity index (χ1n) is 2.26. The zero-order valence-corrected chi connectivity index (χ0v) is 3.96. The van der Waals surface area contributed by atoms with Gasteiger partial charge >= 0.3 is 0 Å². The van der Waals surface area contributed by atoms with Crippen LogP contribution in [0.4, 0.5) is 0 Å². The quantitative estimate of drug-likeness (QED) is 0.457. The van der Waals surface area contributed by atoms with Gasteiger partial charge in [-0.15, -0.1) is 0 Å². The summed E-state index contributed by atoms with van der Waals surface area (Å²) < 4.78 is 0. The molecule has 3 N–H and O–H groups in total. The Morgan fingerprint density at radius 3 is 3.00 bits per heavy atom. The van der Waals surface area contributed by atoms with Gasteiger partial charge in [0.15, 0.2) is 0 Å². The van der Waals surface area contributed by atoms with E-state index in [1.165, 1.54) is 0 Å². The van der Waals surface area contributed by atoms with Crippen molar-refractivity contribution >= 4 is 0 Å². The fraction of sp³-hybridized carbons (Fsp3) is 1.00. The number of nitrogens with one attached hydrogen (secondary N) is 1. The van der Waals surface area contributed by atoms with E-state index in [1.807, 2.05) is 0 Å². The molecule has 0 radical (unpaired) electrons. The summed E-state index contributed by atoms with van der Waals surface area (Å²) in [6.45, 7) is 1.40. The Kier molecular flexibility index (Phi) is 1.21. The molecule has 1 aliphatic heterocycles. The zero-order valence-electron chi connectivity index (χ0n) is 3.96. The maximum absolute atomic E-state index is 5.24. The van der Waals surface area contributed by atoms with E-state index in [-0.39, 0.29) is 6.04 Å². The van der Waals surface area contributed by atoms with E-state index in [9.17, 15) is 0 Å². The third-order valence-corrected chi connectivity index (χ3v) is 0.891. The summed E-state index contributed by atoms with van der Waals surface area (Å²) in [5, 5.41) is 7.27. The van der Waals surface area contributed by atoms with Crippen molar-refractivity contribution in [1.82, 2.24) is 5.43 Å². The molecule has 0 saturated heterocycles. The van der Waals surface area contributed by atoms with Crippen molar-refractivity contribution < 1.29 is 0 Å². The van der Waals surface area contributed by atoms with E-state index < -0.39 is 0 Å². The van der Waals surface area contributed by atoms with Gasteiger partial charge < -0.3 is 5.73 Å². The first kappa shape index (κ1) is 4.52. The van der Waals surface area contributed by atoms with E-state index in [2.05, 4.69) is 15.8 Å². The van der Waals surface area contributed by atoms with Crippen molar-refractivity contribution in [2.45, 2.75) is 6.04 Å². The van der Waals surface area contributed by atoms with Crippen LogP contribution < -0.4 is 11.2 Å². The molecule has 0 aromatic rings. The average molecular weight is 100 g/mol. The van der Waals surface area contributed by atoms with Gasteiger partial charge in [0.1, 0.15) is 6.04 Å². The molecule has 0 aliphatic carbocycles. The normalized spacial score (nSPS) is 27.9. The number of nitrogens with zero attached hydrogens (tertiary/aromatic N) is 2. The van der Waals surface area contributed by atoms with Gasteiger partial charge in [0.2, 0.25) is 0 Å². The van der Waals surface area contributed by atoms with Crippen LogP contribution in [-0.2, 0) is 0 Å². The molecule has 4 heteroatoms. The summed E-state index contributed by atoms with van der Waals surface area (Å²) in [6.07, 6.45) is 0. The molecule has 0 fully saturated rings. The Morgan fingerprint density at radius 2 is 2.71 bits per heavy atom. The summed E-state index contributed by atoms with van der Waals surface area (Å²) >= 11 is 0. The van der Waals surface area contributed by atoms with Crippen molar-refractivity contribution in [3.05, 3.63) is 0 Å². The monoisotopic (exact) mass is 100 g/mol. The standard InChI is InChI=1S/C3H8N4/c4-1-3-2-5-7-6-3/h3H,1-2,4H2,(H,5,6). The molecule has 0 amide bonds. The lowest BCUT2D eigenvalue weighted by Crippen LogP contribution is -2.22. The van der Waals surface area contributed by atoms with Crippen LogP contribution in [0.15, 0.2) is 10.3 Å². The number of nitrogens with two attached hydrogens (primary N) is 1. The molecule has 0 aromatic heterocycles. The second-order valence-corrected chi connectivity index (χ2v) is 1.47. The molecule has 1 unspecified atom stereocenters. The maximum atomic E-state index is 5.24. The lowest BCUT2D eigenvalue weighted by atomic mass is 10.3. The van der Waals surface area contributed by atoms with Gasteiger partial charge in [-0.25, -0.2) is 0 Å². The van der Waals surface area contributed by atoms with Crippen LogP contribution in [0.2, 0.25) is 0 Å². The minimum absolute atomic E-state index is 0.222. The Labute approximate surface area is 41.8 Å². The lowest BCUT2D eigenvalue weighted by Gasteiger charge is -1.93. The van der Waals surface area contributed by atoms with E-state index in [4.69, 9.17) is 5.73 Å². The van der Waals surface area contributed by atoms with Crippen molar-refractivity contribution in [3.63, 3.8) is 0 Å². The smallest absolute Gasteiger partial charge is 0.104 e. The number of hydrogen-bond acceptors (Lipinski definition) is 4. The first-order valence-corrected chi connectivity index (χ1v) is 2.26. The third-order valence-electron chi connectivity index (χ3n) is 0.891. The molecular formula is C3H8N4.